The third-order valence-corrected chi connectivity index (χ3v) is 3.23. The van der Waals surface area contributed by atoms with Gasteiger partial charge in [-0.2, -0.15) is 0 Å². The molecule has 2 rings (SSSR count). The number of hydrogen-bond donors (Lipinski definition) is 2. The summed E-state index contributed by atoms with van der Waals surface area (Å²) in [5.41, 5.74) is -0.0231. The van der Waals surface area contributed by atoms with Crippen LogP contribution in [0.15, 0.2) is 4.79 Å². The Hall–Kier alpha value is -1.47. The molecule has 0 atom stereocenters. The van der Waals surface area contributed by atoms with Crippen molar-refractivity contribution in [3.63, 3.8) is 0 Å². The first-order chi connectivity index (χ1) is 9.47. The van der Waals surface area contributed by atoms with E-state index in [1.807, 2.05) is 20.8 Å². The van der Waals surface area contributed by atoms with Crippen LogP contribution in [0.4, 0.5) is 5.95 Å². The van der Waals surface area contributed by atoms with Crippen molar-refractivity contribution < 1.29 is 4.74 Å². The number of nitrogens with one attached hydrogen (secondary N) is 2. The average Bonchev–Trinajstić information content (AvgIpc) is 2.38. The Morgan fingerprint density at radius 3 is 2.60 bits per heavy atom. The fraction of sp³-hybridized carbons (Fsp3) is 0.769. The first-order valence-electron chi connectivity index (χ1n) is 6.98. The molecule has 0 radical (unpaired) electrons. The average molecular weight is 281 g/mol. The molecule has 0 spiro atoms. The zero-order valence-corrected chi connectivity index (χ0v) is 12.4. The summed E-state index contributed by atoms with van der Waals surface area (Å²) in [5.74, 6) is 0.427. The van der Waals surface area contributed by atoms with Gasteiger partial charge in [-0.3, -0.25) is 14.7 Å². The maximum Gasteiger partial charge on any atom is 0.274 e. The number of morpholine rings is 1. The van der Waals surface area contributed by atoms with E-state index < -0.39 is 0 Å². The zero-order chi connectivity index (χ0) is 14.6. The smallest absolute Gasteiger partial charge is 0.274 e. The normalized spacial score (nSPS) is 17.1. The molecule has 7 nitrogen and oxygen atoms in total. The van der Waals surface area contributed by atoms with Crippen LogP contribution in [-0.4, -0.2) is 59.5 Å². The third-order valence-electron chi connectivity index (χ3n) is 3.23. The number of ether oxygens (including phenoxy) is 1. The van der Waals surface area contributed by atoms with E-state index in [4.69, 9.17) is 4.74 Å². The van der Waals surface area contributed by atoms with Crippen molar-refractivity contribution in [2.75, 3.05) is 44.7 Å². The molecule has 20 heavy (non-hydrogen) atoms. The summed E-state index contributed by atoms with van der Waals surface area (Å²) in [6, 6.07) is 0. The van der Waals surface area contributed by atoms with Crippen molar-refractivity contribution in [2.24, 2.45) is 0 Å². The van der Waals surface area contributed by atoms with Gasteiger partial charge in [0.05, 0.1) is 13.2 Å². The summed E-state index contributed by atoms with van der Waals surface area (Å²) < 4.78 is 5.29. The van der Waals surface area contributed by atoms with Crippen molar-refractivity contribution >= 4 is 5.95 Å². The minimum Gasteiger partial charge on any atom is -0.379 e. The van der Waals surface area contributed by atoms with Crippen molar-refractivity contribution in [1.29, 1.82) is 0 Å². The van der Waals surface area contributed by atoms with Crippen molar-refractivity contribution in [1.82, 2.24) is 20.1 Å². The molecule has 1 aromatic rings. The molecule has 1 aromatic heterocycles. The van der Waals surface area contributed by atoms with E-state index in [1.165, 1.54) is 0 Å². The van der Waals surface area contributed by atoms with Crippen LogP contribution in [0, 0.1) is 0 Å². The molecule has 0 aliphatic carbocycles. The van der Waals surface area contributed by atoms with E-state index in [1.54, 1.807) is 0 Å². The van der Waals surface area contributed by atoms with Crippen LogP contribution >= 0.6 is 0 Å². The summed E-state index contributed by atoms with van der Waals surface area (Å²) in [5, 5.41) is 11.2. The number of aromatic amines is 1. The molecule has 2 heterocycles. The predicted octanol–water partition coefficient (Wildman–Crippen LogP) is 0.207. The van der Waals surface area contributed by atoms with Crippen LogP contribution < -0.4 is 10.9 Å². The molecule has 0 bridgehead atoms. The molecule has 112 valence electrons. The zero-order valence-electron chi connectivity index (χ0n) is 12.4. The summed E-state index contributed by atoms with van der Waals surface area (Å²) in [6.45, 7) is 10.9. The minimum absolute atomic E-state index is 0.179. The van der Waals surface area contributed by atoms with Gasteiger partial charge < -0.3 is 10.1 Å². The molecule has 1 aliphatic rings. The number of H-pyrrole nitrogens is 1. The second-order valence-corrected chi connectivity index (χ2v) is 5.98. The first kappa shape index (κ1) is 14.9. The maximum atomic E-state index is 11.9. The number of nitrogens with zero attached hydrogens (tertiary/aromatic N) is 3. The van der Waals surface area contributed by atoms with Crippen LogP contribution in [0.2, 0.25) is 0 Å². The molecular weight excluding hydrogens is 258 g/mol. The Bertz CT molecular complexity index is 488. The van der Waals surface area contributed by atoms with Gasteiger partial charge in [-0.15, -0.1) is 10.2 Å². The lowest BCUT2D eigenvalue weighted by Crippen LogP contribution is -2.39. The highest BCUT2D eigenvalue weighted by atomic mass is 16.5. The van der Waals surface area contributed by atoms with Crippen LogP contribution in [0.5, 0.6) is 0 Å². The van der Waals surface area contributed by atoms with Gasteiger partial charge in [0.15, 0.2) is 0 Å². The van der Waals surface area contributed by atoms with Crippen LogP contribution in [-0.2, 0) is 10.2 Å². The fourth-order valence-electron chi connectivity index (χ4n) is 2.06. The largest absolute Gasteiger partial charge is 0.379 e. The van der Waals surface area contributed by atoms with E-state index in [0.29, 0.717) is 11.6 Å². The second-order valence-electron chi connectivity index (χ2n) is 5.98. The highest BCUT2D eigenvalue weighted by molar-refractivity contribution is 5.22. The van der Waals surface area contributed by atoms with Gasteiger partial charge in [0.1, 0.15) is 5.69 Å². The number of aromatic nitrogens is 3. The molecule has 2 N–H and O–H groups in total. The van der Waals surface area contributed by atoms with E-state index in [9.17, 15) is 4.79 Å². The highest BCUT2D eigenvalue weighted by Gasteiger charge is 2.20. The van der Waals surface area contributed by atoms with E-state index in [0.717, 1.165) is 39.4 Å². The molecule has 0 aromatic carbocycles. The third kappa shape index (κ3) is 4.01. The standard InChI is InChI=1S/C13H23N5O2/c1-13(2,3)10-11(19)15-12(17-16-10)14-4-5-18-6-8-20-9-7-18/h4-9H2,1-3H3,(H2,14,15,17,19). The van der Waals surface area contributed by atoms with E-state index in [2.05, 4.69) is 25.4 Å². The topological polar surface area (TPSA) is 83.1 Å². The molecule has 1 aliphatic heterocycles. The minimum atomic E-state index is -0.299. The maximum absolute atomic E-state index is 11.9. The lowest BCUT2D eigenvalue weighted by atomic mass is 9.93. The van der Waals surface area contributed by atoms with E-state index in [-0.39, 0.29) is 11.0 Å². The Balaban J connectivity index is 1.87. The monoisotopic (exact) mass is 281 g/mol. The number of hydrogen-bond acceptors (Lipinski definition) is 6. The molecule has 1 fully saturated rings. The first-order valence-corrected chi connectivity index (χ1v) is 6.98. The highest BCUT2D eigenvalue weighted by Crippen LogP contribution is 2.15. The Morgan fingerprint density at radius 1 is 1.30 bits per heavy atom. The Kier molecular flexibility index (Phi) is 4.72. The fourth-order valence-corrected chi connectivity index (χ4v) is 2.06. The summed E-state index contributed by atoms with van der Waals surface area (Å²) in [7, 11) is 0. The number of rotatable bonds is 4. The quantitative estimate of drug-likeness (QED) is 0.821. The van der Waals surface area contributed by atoms with Gasteiger partial charge in [0, 0.05) is 31.6 Å². The SMILES string of the molecule is CC(C)(C)c1nnc(NCCN2CCOCC2)[nH]c1=O. The van der Waals surface area contributed by atoms with Crippen LogP contribution in [0.1, 0.15) is 26.5 Å². The van der Waals surface area contributed by atoms with Gasteiger partial charge in [-0.05, 0) is 0 Å². The van der Waals surface area contributed by atoms with Crippen molar-refractivity contribution in [3.05, 3.63) is 16.0 Å². The number of anilines is 1. The molecular formula is C13H23N5O2. The van der Waals surface area contributed by atoms with Crippen molar-refractivity contribution in [2.45, 2.75) is 26.2 Å². The van der Waals surface area contributed by atoms with E-state index >= 15 is 0 Å². The van der Waals surface area contributed by atoms with Gasteiger partial charge in [-0.1, -0.05) is 20.8 Å². The molecule has 0 saturated carbocycles. The second kappa shape index (κ2) is 6.32. The van der Waals surface area contributed by atoms with Crippen LogP contribution in [0.3, 0.4) is 0 Å². The molecule has 0 unspecified atom stereocenters. The summed E-state index contributed by atoms with van der Waals surface area (Å²) in [6.07, 6.45) is 0. The lowest BCUT2D eigenvalue weighted by Gasteiger charge is -2.26. The van der Waals surface area contributed by atoms with Crippen molar-refractivity contribution in [3.8, 4) is 0 Å². The Morgan fingerprint density at radius 2 is 2.00 bits per heavy atom. The van der Waals surface area contributed by atoms with Gasteiger partial charge in [-0.25, -0.2) is 0 Å². The van der Waals surface area contributed by atoms with Crippen LogP contribution in [0.25, 0.3) is 0 Å². The lowest BCUT2D eigenvalue weighted by molar-refractivity contribution is 0.0398. The summed E-state index contributed by atoms with van der Waals surface area (Å²) >= 11 is 0. The molecule has 0 amide bonds. The molecule has 7 heteroatoms. The van der Waals surface area contributed by atoms with Gasteiger partial charge in [0.2, 0.25) is 5.95 Å². The predicted molar refractivity (Wildman–Crippen MR) is 77.1 cm³/mol. The van der Waals surface area contributed by atoms with Gasteiger partial charge >= 0.3 is 0 Å². The van der Waals surface area contributed by atoms with Gasteiger partial charge in [0.25, 0.3) is 5.56 Å². The summed E-state index contributed by atoms with van der Waals surface area (Å²) in [4.78, 5) is 17.0. The molecule has 1 saturated heterocycles. The Labute approximate surface area is 118 Å².